The van der Waals surface area contributed by atoms with E-state index in [1.807, 2.05) is 55.5 Å². The summed E-state index contributed by atoms with van der Waals surface area (Å²) in [6.07, 6.45) is 0. The van der Waals surface area contributed by atoms with E-state index in [1.54, 1.807) is 36.4 Å². The van der Waals surface area contributed by atoms with Crippen molar-refractivity contribution >= 4 is 23.6 Å². The van der Waals surface area contributed by atoms with Crippen LogP contribution >= 0.6 is 13.5 Å². The lowest BCUT2D eigenvalue weighted by Gasteiger charge is -2.19. The number of hydrogen-bond acceptors (Lipinski definition) is 3. The maximum Gasteiger partial charge on any atom is 0.320 e. The lowest BCUT2D eigenvalue weighted by Crippen LogP contribution is -2.20. The van der Waals surface area contributed by atoms with Crippen molar-refractivity contribution in [3.63, 3.8) is 0 Å². The molecule has 0 amide bonds. The van der Waals surface area contributed by atoms with Gasteiger partial charge in [0.25, 0.3) is 0 Å². The smallest absolute Gasteiger partial charge is 0.320 e. The molecule has 130 valence electrons. The molecule has 0 saturated carbocycles. The third kappa shape index (κ3) is 4.65. The number of hydrogen-bond donors (Lipinski definition) is 0. The highest BCUT2D eigenvalue weighted by Crippen LogP contribution is 2.32. The molecule has 25 heavy (non-hydrogen) atoms. The number of benzene rings is 3. The summed E-state index contributed by atoms with van der Waals surface area (Å²) in [4.78, 5) is 0. The van der Waals surface area contributed by atoms with Crippen LogP contribution in [0, 0.1) is 6.92 Å². The van der Waals surface area contributed by atoms with Crippen molar-refractivity contribution in [3.8, 4) is 5.75 Å². The highest BCUT2D eigenvalue weighted by molar-refractivity contribution is 7.87. The van der Waals surface area contributed by atoms with Crippen LogP contribution in [0.5, 0.6) is 5.75 Å². The van der Waals surface area contributed by atoms with Crippen molar-refractivity contribution in [2.45, 2.75) is 12.2 Å². The highest BCUT2D eigenvalue weighted by atomic mass is 32.2. The molecule has 0 N–H and O–H groups in total. The zero-order valence-corrected chi connectivity index (χ0v) is 15.6. The molecule has 3 rings (SSSR count). The van der Waals surface area contributed by atoms with Crippen LogP contribution in [0.2, 0.25) is 0 Å². The number of para-hydroxylation sites is 1. The highest BCUT2D eigenvalue weighted by Gasteiger charge is 2.31. The van der Waals surface area contributed by atoms with Crippen molar-refractivity contribution in [3.05, 3.63) is 102 Å². The quantitative estimate of drug-likeness (QED) is 0.615. The number of aryl methyl sites for hydroxylation is 1. The lowest BCUT2D eigenvalue weighted by atomic mass is 10.0. The Hall–Kier alpha value is -2.24. The van der Waals surface area contributed by atoms with Gasteiger partial charge in [-0.05, 0) is 30.2 Å². The zero-order chi connectivity index (χ0) is 17.0. The van der Waals surface area contributed by atoms with Gasteiger partial charge in [0.05, 0.1) is 0 Å². The first-order valence-corrected chi connectivity index (χ1v) is 9.13. The van der Waals surface area contributed by atoms with Gasteiger partial charge in [-0.1, -0.05) is 78.4 Å². The van der Waals surface area contributed by atoms with E-state index >= 15 is 0 Å². The molecule has 3 nitrogen and oxygen atoms in total. The summed E-state index contributed by atoms with van der Waals surface area (Å²) >= 11 is 0. The molecule has 0 aliphatic heterocycles. The number of rotatable bonds is 5. The molecule has 1 atom stereocenters. The summed E-state index contributed by atoms with van der Waals surface area (Å²) in [5.41, 5.74) is 2.44. The fourth-order valence-electron chi connectivity index (χ4n) is 2.55. The molecule has 0 aliphatic carbocycles. The van der Waals surface area contributed by atoms with Crippen LogP contribution < -0.4 is 4.18 Å². The van der Waals surface area contributed by atoms with Gasteiger partial charge in [-0.2, -0.15) is 21.9 Å². The molecule has 0 heterocycles. The van der Waals surface area contributed by atoms with Crippen molar-refractivity contribution in [2.24, 2.45) is 0 Å². The van der Waals surface area contributed by atoms with E-state index in [1.165, 1.54) is 0 Å². The predicted molar refractivity (Wildman–Crippen MR) is 106 cm³/mol. The fraction of sp³-hybridized carbons (Fsp3) is 0.100. The van der Waals surface area contributed by atoms with Crippen LogP contribution in [0.15, 0.2) is 84.9 Å². The van der Waals surface area contributed by atoms with Crippen LogP contribution in [-0.4, -0.2) is 8.42 Å². The molecule has 0 bridgehead atoms. The summed E-state index contributed by atoms with van der Waals surface area (Å²) in [5.74, 6) is 0.311. The summed E-state index contributed by atoms with van der Waals surface area (Å²) in [6, 6.07) is 25.2. The van der Waals surface area contributed by atoms with Crippen molar-refractivity contribution in [1.29, 1.82) is 0 Å². The average molecular weight is 373 g/mol. The van der Waals surface area contributed by atoms with E-state index in [0.29, 0.717) is 16.9 Å². The van der Waals surface area contributed by atoms with Gasteiger partial charge in [0.2, 0.25) is 0 Å². The Balaban J connectivity index is 0.00000225. The standard InChI is InChI=1S/C20H18O3S.H2S/c1-16-12-14-18(15-13-16)20(17-8-4-2-5-9-17)24(21,22)23-19-10-6-3-7-11-19;/h2-15,20H,1H3;1H2. The van der Waals surface area contributed by atoms with Crippen LogP contribution in [0.1, 0.15) is 21.9 Å². The minimum atomic E-state index is -3.89. The largest absolute Gasteiger partial charge is 0.382 e. The summed E-state index contributed by atoms with van der Waals surface area (Å²) in [7, 11) is -3.89. The maximum atomic E-state index is 13.0. The van der Waals surface area contributed by atoms with Gasteiger partial charge in [-0.3, -0.25) is 0 Å². The summed E-state index contributed by atoms with van der Waals surface area (Å²) < 4.78 is 31.3. The molecule has 0 spiro atoms. The molecule has 1 unspecified atom stereocenters. The monoisotopic (exact) mass is 372 g/mol. The first kappa shape index (κ1) is 19.1. The predicted octanol–water partition coefficient (Wildman–Crippen LogP) is 4.61. The van der Waals surface area contributed by atoms with E-state index in [9.17, 15) is 8.42 Å². The Bertz CT molecular complexity index is 891. The van der Waals surface area contributed by atoms with Crippen LogP contribution in [0.25, 0.3) is 0 Å². The molecule has 5 heteroatoms. The summed E-state index contributed by atoms with van der Waals surface area (Å²) in [5, 5.41) is -0.875. The molecule has 0 aromatic heterocycles. The lowest BCUT2D eigenvalue weighted by molar-refractivity contribution is 0.478. The Morgan fingerprint density at radius 3 is 1.76 bits per heavy atom. The topological polar surface area (TPSA) is 43.4 Å². The average Bonchev–Trinajstić information content (AvgIpc) is 2.58. The molecular weight excluding hydrogens is 352 g/mol. The van der Waals surface area contributed by atoms with Gasteiger partial charge in [-0.15, -0.1) is 0 Å². The zero-order valence-electron chi connectivity index (χ0n) is 13.8. The molecule has 3 aromatic rings. The first-order chi connectivity index (χ1) is 11.6. The van der Waals surface area contributed by atoms with Crippen LogP contribution in [0.4, 0.5) is 0 Å². The summed E-state index contributed by atoms with van der Waals surface area (Å²) in [6.45, 7) is 1.97. The second kappa shape index (κ2) is 8.23. The van der Waals surface area contributed by atoms with E-state index in [2.05, 4.69) is 0 Å². The first-order valence-electron chi connectivity index (χ1n) is 7.66. The van der Waals surface area contributed by atoms with Crippen molar-refractivity contribution < 1.29 is 12.6 Å². The van der Waals surface area contributed by atoms with Crippen molar-refractivity contribution in [1.82, 2.24) is 0 Å². The van der Waals surface area contributed by atoms with E-state index in [0.717, 1.165) is 5.56 Å². The maximum absolute atomic E-state index is 13.0. The fourth-order valence-corrected chi connectivity index (χ4v) is 4.01. The van der Waals surface area contributed by atoms with Crippen molar-refractivity contribution in [2.75, 3.05) is 0 Å². The van der Waals surface area contributed by atoms with Crippen LogP contribution in [-0.2, 0) is 10.1 Å². The normalized spacial score (nSPS) is 12.0. The molecule has 0 aliphatic rings. The molecule has 0 radical (unpaired) electrons. The molecule has 0 saturated heterocycles. The van der Waals surface area contributed by atoms with E-state index in [-0.39, 0.29) is 13.5 Å². The minimum Gasteiger partial charge on any atom is -0.382 e. The van der Waals surface area contributed by atoms with Gasteiger partial charge in [0.1, 0.15) is 11.0 Å². The minimum absolute atomic E-state index is 0. The Labute approximate surface area is 155 Å². The third-order valence-corrected chi connectivity index (χ3v) is 5.27. The Morgan fingerprint density at radius 1 is 0.720 bits per heavy atom. The second-order valence-corrected chi connectivity index (χ2v) is 7.21. The van der Waals surface area contributed by atoms with Gasteiger partial charge >= 0.3 is 10.1 Å². The SMILES string of the molecule is Cc1ccc(C(c2ccccc2)S(=O)(=O)Oc2ccccc2)cc1.S. The van der Waals surface area contributed by atoms with Gasteiger partial charge in [0.15, 0.2) is 0 Å². The third-order valence-electron chi connectivity index (χ3n) is 3.73. The Kier molecular flexibility index (Phi) is 6.28. The molecule has 0 fully saturated rings. The van der Waals surface area contributed by atoms with Crippen LogP contribution in [0.3, 0.4) is 0 Å². The second-order valence-electron chi connectivity index (χ2n) is 5.59. The Morgan fingerprint density at radius 2 is 1.20 bits per heavy atom. The molecular formula is C20H20O3S2. The molecule has 3 aromatic carbocycles. The van der Waals surface area contributed by atoms with E-state index < -0.39 is 15.4 Å². The van der Waals surface area contributed by atoms with E-state index in [4.69, 9.17) is 4.18 Å². The van der Waals surface area contributed by atoms with Gasteiger partial charge in [0, 0.05) is 0 Å². The van der Waals surface area contributed by atoms with Gasteiger partial charge in [-0.25, -0.2) is 0 Å². The van der Waals surface area contributed by atoms with Gasteiger partial charge < -0.3 is 4.18 Å².